The monoisotopic (exact) mass is 418 g/mol. The third kappa shape index (κ3) is 3.10. The fourth-order valence-corrected chi connectivity index (χ4v) is 5.98. The van der Waals surface area contributed by atoms with E-state index < -0.39 is 29.9 Å². The van der Waals surface area contributed by atoms with Gasteiger partial charge in [-0.3, -0.25) is 0 Å². The molecule has 4 aliphatic heterocycles. The lowest BCUT2D eigenvalue weighted by molar-refractivity contribution is -0.577. The first-order chi connectivity index (χ1) is 14.3. The van der Waals surface area contributed by atoms with Gasteiger partial charge in [0.15, 0.2) is 18.2 Å². The van der Waals surface area contributed by atoms with Crippen molar-refractivity contribution < 1.29 is 33.9 Å². The third-order valence-corrected chi connectivity index (χ3v) is 7.71. The molecule has 2 bridgehead atoms. The molecule has 8 atom stereocenters. The number of fused-ring (bicyclic) bond motifs is 2. The van der Waals surface area contributed by atoms with Gasteiger partial charge in [0.2, 0.25) is 5.79 Å². The first kappa shape index (κ1) is 20.4. The molecule has 5 aliphatic rings. The van der Waals surface area contributed by atoms with Crippen molar-refractivity contribution in [3.63, 3.8) is 0 Å². The highest BCUT2D eigenvalue weighted by Gasteiger charge is 2.69. The zero-order valence-electron chi connectivity index (χ0n) is 17.7. The summed E-state index contributed by atoms with van der Waals surface area (Å²) in [5.74, 6) is -0.539. The van der Waals surface area contributed by atoms with Gasteiger partial charge in [-0.1, -0.05) is 26.0 Å². The minimum absolute atomic E-state index is 0.115. The third-order valence-electron chi connectivity index (χ3n) is 7.71. The van der Waals surface area contributed by atoms with E-state index in [1.165, 1.54) is 0 Å². The van der Waals surface area contributed by atoms with Crippen molar-refractivity contribution in [2.75, 3.05) is 0 Å². The Hall–Kier alpha value is -1.51. The van der Waals surface area contributed by atoms with E-state index in [1.807, 2.05) is 6.92 Å². The summed E-state index contributed by atoms with van der Waals surface area (Å²) in [7, 11) is 0. The van der Waals surface area contributed by atoms with E-state index in [4.69, 9.17) is 29.1 Å². The molecule has 1 spiro atoms. The SMILES string of the molecule is C[C@H]1[C@@H](OCc2ccc(C(=O)O)cc2)O[C@@H]2OC3(C)CC[C@H]4[C@H](C)CC[C@@H]1[C@@]24OO3. The maximum Gasteiger partial charge on any atom is 0.335 e. The number of carbonyl (C=O) groups is 1. The largest absolute Gasteiger partial charge is 0.478 e. The highest BCUT2D eigenvalue weighted by Crippen LogP contribution is 2.60. The smallest absolute Gasteiger partial charge is 0.335 e. The zero-order valence-corrected chi connectivity index (χ0v) is 17.7. The van der Waals surface area contributed by atoms with E-state index in [2.05, 4.69) is 13.8 Å². The Morgan fingerprint density at radius 2 is 1.90 bits per heavy atom. The van der Waals surface area contributed by atoms with E-state index in [0.717, 1.165) is 31.2 Å². The number of rotatable bonds is 4. The van der Waals surface area contributed by atoms with E-state index in [9.17, 15) is 4.79 Å². The minimum Gasteiger partial charge on any atom is -0.478 e. The van der Waals surface area contributed by atoms with Crippen LogP contribution in [0.2, 0.25) is 0 Å². The molecule has 1 aromatic carbocycles. The number of hydrogen-bond acceptors (Lipinski definition) is 6. The zero-order chi connectivity index (χ0) is 21.1. The van der Waals surface area contributed by atoms with Gasteiger partial charge in [0.05, 0.1) is 12.2 Å². The summed E-state index contributed by atoms with van der Waals surface area (Å²) >= 11 is 0. The molecule has 1 saturated carbocycles. The summed E-state index contributed by atoms with van der Waals surface area (Å²) < 4.78 is 18.9. The van der Waals surface area contributed by atoms with Crippen LogP contribution in [0.3, 0.4) is 0 Å². The first-order valence-corrected chi connectivity index (χ1v) is 11.0. The molecule has 0 aromatic heterocycles. The molecule has 4 saturated heterocycles. The number of hydrogen-bond donors (Lipinski definition) is 1. The molecule has 30 heavy (non-hydrogen) atoms. The number of carboxylic acid groups (broad SMARTS) is 1. The molecule has 1 aromatic rings. The Labute approximate surface area is 176 Å². The van der Waals surface area contributed by atoms with Gasteiger partial charge >= 0.3 is 5.97 Å². The lowest BCUT2D eigenvalue weighted by Gasteiger charge is -2.60. The van der Waals surface area contributed by atoms with Crippen LogP contribution in [0.1, 0.15) is 62.4 Å². The van der Waals surface area contributed by atoms with Crippen LogP contribution in [0.4, 0.5) is 0 Å². The maximum atomic E-state index is 11.0. The van der Waals surface area contributed by atoms with Crippen LogP contribution in [0.5, 0.6) is 0 Å². The number of aromatic carboxylic acids is 1. The Morgan fingerprint density at radius 1 is 1.13 bits per heavy atom. The van der Waals surface area contributed by atoms with Crippen LogP contribution in [-0.2, 0) is 30.6 Å². The second kappa shape index (κ2) is 7.28. The molecule has 164 valence electrons. The summed E-state index contributed by atoms with van der Waals surface area (Å²) in [6.45, 7) is 6.71. The molecule has 0 radical (unpaired) electrons. The molecule has 1 N–H and O–H groups in total. The predicted molar refractivity (Wildman–Crippen MR) is 105 cm³/mol. The summed E-state index contributed by atoms with van der Waals surface area (Å²) in [5, 5.41) is 9.06. The quantitative estimate of drug-likeness (QED) is 0.737. The van der Waals surface area contributed by atoms with Crippen molar-refractivity contribution in [3.05, 3.63) is 35.4 Å². The lowest BCUT2D eigenvalue weighted by Crippen LogP contribution is -2.70. The summed E-state index contributed by atoms with van der Waals surface area (Å²) in [6.07, 6.45) is 3.01. The van der Waals surface area contributed by atoms with Crippen LogP contribution in [0.25, 0.3) is 0 Å². The molecule has 4 heterocycles. The molecule has 7 heteroatoms. The average molecular weight is 418 g/mol. The first-order valence-electron chi connectivity index (χ1n) is 11.0. The predicted octanol–water partition coefficient (Wildman–Crippen LogP) is 4.11. The summed E-state index contributed by atoms with van der Waals surface area (Å²) in [6, 6.07) is 6.74. The van der Waals surface area contributed by atoms with E-state index >= 15 is 0 Å². The van der Waals surface area contributed by atoms with Gasteiger partial charge in [-0.15, -0.1) is 0 Å². The van der Waals surface area contributed by atoms with Gasteiger partial charge in [-0.05, 0) is 55.7 Å². The Balaban J connectivity index is 1.37. The molecule has 5 fully saturated rings. The molecule has 6 rings (SSSR count). The van der Waals surface area contributed by atoms with Crippen molar-refractivity contribution in [1.29, 1.82) is 0 Å². The van der Waals surface area contributed by atoms with Gasteiger partial charge in [0, 0.05) is 18.3 Å². The summed E-state index contributed by atoms with van der Waals surface area (Å²) in [4.78, 5) is 23.0. The molecule has 1 aliphatic carbocycles. The van der Waals surface area contributed by atoms with Crippen molar-refractivity contribution in [1.82, 2.24) is 0 Å². The van der Waals surface area contributed by atoms with Crippen LogP contribution in [0, 0.1) is 23.7 Å². The second-order valence-electron chi connectivity index (χ2n) is 9.59. The van der Waals surface area contributed by atoms with E-state index in [-0.39, 0.29) is 17.4 Å². The maximum absolute atomic E-state index is 11.0. The fourth-order valence-electron chi connectivity index (χ4n) is 5.98. The Morgan fingerprint density at radius 3 is 2.63 bits per heavy atom. The standard InChI is InChI=1S/C23H30O7/c1-13-4-9-18-14(2)20(26-12-15-5-7-16(8-6-15)19(24)25)27-21-23(18)17(13)10-11-22(3,28-21)29-30-23/h5-8,13-14,17-18,20-21H,4,9-12H2,1-3H3,(H,24,25)/t13-,14-,17+,18+,20+,21-,22?,23-/m1/s1. The fraction of sp³-hybridized carbons (Fsp3) is 0.696. The topological polar surface area (TPSA) is 83.5 Å². The minimum atomic E-state index is -0.936. The molecular weight excluding hydrogens is 388 g/mol. The van der Waals surface area contributed by atoms with Gasteiger partial charge in [-0.25, -0.2) is 14.6 Å². The van der Waals surface area contributed by atoms with Crippen LogP contribution < -0.4 is 0 Å². The molecule has 1 unspecified atom stereocenters. The number of benzene rings is 1. The lowest BCUT2D eigenvalue weighted by atomic mass is 9.58. The average Bonchev–Trinajstić information content (AvgIpc) is 2.96. The molecule has 0 amide bonds. The van der Waals surface area contributed by atoms with Gasteiger partial charge < -0.3 is 19.3 Å². The number of ether oxygens (including phenoxy) is 3. The van der Waals surface area contributed by atoms with Gasteiger partial charge in [-0.2, -0.15) is 0 Å². The summed E-state index contributed by atoms with van der Waals surface area (Å²) in [5.41, 5.74) is 0.579. The Kier molecular flexibility index (Phi) is 4.95. The van der Waals surface area contributed by atoms with Gasteiger partial charge in [0.25, 0.3) is 0 Å². The van der Waals surface area contributed by atoms with Crippen molar-refractivity contribution >= 4 is 5.97 Å². The van der Waals surface area contributed by atoms with E-state index in [1.54, 1.807) is 24.3 Å². The second-order valence-corrected chi connectivity index (χ2v) is 9.59. The normalized spacial score (nSPS) is 44.9. The Bertz CT molecular complexity index is 810. The van der Waals surface area contributed by atoms with Crippen molar-refractivity contribution in [2.45, 2.75) is 77.0 Å². The number of carboxylic acids is 1. The van der Waals surface area contributed by atoms with Crippen molar-refractivity contribution in [2.24, 2.45) is 23.7 Å². The van der Waals surface area contributed by atoms with Crippen LogP contribution in [0.15, 0.2) is 24.3 Å². The van der Waals surface area contributed by atoms with Crippen molar-refractivity contribution in [3.8, 4) is 0 Å². The van der Waals surface area contributed by atoms with E-state index in [0.29, 0.717) is 18.4 Å². The molecule has 7 nitrogen and oxygen atoms in total. The van der Waals surface area contributed by atoms with Gasteiger partial charge in [0.1, 0.15) is 0 Å². The highest BCUT2D eigenvalue weighted by atomic mass is 17.3. The van der Waals surface area contributed by atoms with Crippen LogP contribution in [-0.4, -0.2) is 35.0 Å². The molecular formula is C23H30O7. The van der Waals surface area contributed by atoms with Crippen LogP contribution >= 0.6 is 0 Å². The highest BCUT2D eigenvalue weighted by molar-refractivity contribution is 5.87.